The maximum absolute atomic E-state index is 13.2. The van der Waals surface area contributed by atoms with E-state index >= 15 is 0 Å². The number of hydrogen-bond donors (Lipinski definition) is 3. The Labute approximate surface area is 205 Å². The Morgan fingerprint density at radius 3 is 2.69 bits per heavy atom. The highest BCUT2D eigenvalue weighted by Gasteiger charge is 2.32. The van der Waals surface area contributed by atoms with Gasteiger partial charge in [0.05, 0.1) is 23.3 Å². The molecule has 0 radical (unpaired) electrons. The predicted molar refractivity (Wildman–Crippen MR) is 137 cm³/mol. The Bertz CT molecular complexity index is 1400. The highest BCUT2D eigenvalue weighted by Crippen LogP contribution is 2.44. The normalized spacial score (nSPS) is 16.9. The lowest BCUT2D eigenvalue weighted by Crippen LogP contribution is -2.39. The van der Waals surface area contributed by atoms with E-state index in [2.05, 4.69) is 20.9 Å². The average Bonchev–Trinajstić information content (AvgIpc) is 3.52. The van der Waals surface area contributed by atoms with Gasteiger partial charge < -0.3 is 20.7 Å². The molecular weight excluding hydrogens is 462 g/mol. The zero-order valence-electron chi connectivity index (χ0n) is 18.8. The van der Waals surface area contributed by atoms with Gasteiger partial charge in [-0.05, 0) is 48.9 Å². The van der Waals surface area contributed by atoms with Crippen LogP contribution in [0, 0.1) is 0 Å². The molecule has 0 bridgehead atoms. The first-order valence-electron chi connectivity index (χ1n) is 11.5. The minimum atomic E-state index is -0.274. The van der Waals surface area contributed by atoms with Crippen molar-refractivity contribution in [2.75, 3.05) is 23.3 Å². The van der Waals surface area contributed by atoms with Gasteiger partial charge in [-0.1, -0.05) is 30.3 Å². The van der Waals surface area contributed by atoms with Crippen molar-refractivity contribution in [2.24, 2.45) is 0 Å². The molecule has 0 aliphatic carbocycles. The van der Waals surface area contributed by atoms with E-state index < -0.39 is 0 Å². The fraction of sp³-hybridized carbons (Fsp3) is 0.192. The number of anilines is 2. The molecule has 1 atom stereocenters. The van der Waals surface area contributed by atoms with Crippen LogP contribution in [-0.2, 0) is 6.54 Å². The molecular formula is C26H23N5O3S. The molecule has 2 aromatic heterocycles. The van der Waals surface area contributed by atoms with Gasteiger partial charge in [-0.25, -0.2) is 9.78 Å². The molecule has 1 fully saturated rings. The molecule has 6 rings (SSSR count). The van der Waals surface area contributed by atoms with Crippen molar-refractivity contribution in [2.45, 2.75) is 19.0 Å². The van der Waals surface area contributed by atoms with Crippen LogP contribution >= 0.6 is 11.3 Å². The molecule has 0 saturated carbocycles. The Hall–Kier alpha value is -3.95. The molecule has 35 heavy (non-hydrogen) atoms. The number of benzene rings is 2. The van der Waals surface area contributed by atoms with Gasteiger partial charge in [0.25, 0.3) is 5.91 Å². The SMILES string of the molecule is O=C(NC1CCNC1)c1sc2nccc3c2c1NC(=O)N3Cc1ccc(Oc2ccccc2)cc1. The summed E-state index contributed by atoms with van der Waals surface area (Å²) in [6.45, 7) is 2.02. The van der Waals surface area contributed by atoms with E-state index in [1.54, 1.807) is 11.1 Å². The van der Waals surface area contributed by atoms with Gasteiger partial charge >= 0.3 is 6.03 Å². The molecule has 2 aliphatic rings. The number of rotatable bonds is 6. The fourth-order valence-electron chi connectivity index (χ4n) is 4.45. The molecule has 9 heteroatoms. The molecule has 4 aromatic rings. The summed E-state index contributed by atoms with van der Waals surface area (Å²) in [7, 11) is 0. The monoisotopic (exact) mass is 485 g/mol. The van der Waals surface area contributed by atoms with E-state index in [-0.39, 0.29) is 18.0 Å². The van der Waals surface area contributed by atoms with Crippen LogP contribution in [0.3, 0.4) is 0 Å². The Balaban J connectivity index is 1.25. The topological polar surface area (TPSA) is 95.6 Å². The molecule has 2 aliphatic heterocycles. The van der Waals surface area contributed by atoms with Crippen molar-refractivity contribution >= 4 is 44.9 Å². The molecule has 4 heterocycles. The molecule has 3 amide bonds. The highest BCUT2D eigenvalue weighted by atomic mass is 32.1. The number of nitrogens with one attached hydrogen (secondary N) is 3. The van der Waals surface area contributed by atoms with E-state index in [0.717, 1.165) is 52.5 Å². The molecule has 0 spiro atoms. The zero-order valence-corrected chi connectivity index (χ0v) is 19.6. The van der Waals surface area contributed by atoms with Crippen molar-refractivity contribution in [3.05, 3.63) is 77.3 Å². The van der Waals surface area contributed by atoms with Crippen molar-refractivity contribution in [1.82, 2.24) is 15.6 Å². The maximum Gasteiger partial charge on any atom is 0.326 e. The number of para-hydroxylation sites is 1. The summed E-state index contributed by atoms with van der Waals surface area (Å²) < 4.78 is 5.87. The smallest absolute Gasteiger partial charge is 0.326 e. The number of pyridine rings is 1. The standard InChI is InChI=1S/C26H23N5O3S/c32-24(29-17-10-12-27-14-17)23-22-21-20(11-13-28-25(21)35-23)31(26(33)30-22)15-16-6-8-19(9-7-16)34-18-4-2-1-3-5-18/h1-9,11,13,17,27H,10,12,14-15H2,(H,29,32)(H,30,33). The van der Waals surface area contributed by atoms with Crippen molar-refractivity contribution in [1.29, 1.82) is 0 Å². The molecule has 2 aromatic carbocycles. The van der Waals surface area contributed by atoms with Crippen LogP contribution in [0.4, 0.5) is 16.2 Å². The van der Waals surface area contributed by atoms with Crippen molar-refractivity contribution < 1.29 is 14.3 Å². The van der Waals surface area contributed by atoms with Gasteiger partial charge in [0, 0.05) is 18.8 Å². The van der Waals surface area contributed by atoms with Crippen LogP contribution in [0.15, 0.2) is 66.9 Å². The van der Waals surface area contributed by atoms with Gasteiger partial charge in [0.2, 0.25) is 0 Å². The van der Waals surface area contributed by atoms with Crippen LogP contribution in [-0.4, -0.2) is 36.1 Å². The Morgan fingerprint density at radius 1 is 1.11 bits per heavy atom. The number of aromatic nitrogens is 1. The number of ether oxygens (including phenoxy) is 1. The number of carbonyl (C=O) groups is 2. The first kappa shape index (κ1) is 21.6. The van der Waals surface area contributed by atoms with E-state index in [1.807, 2.05) is 60.7 Å². The second-order valence-electron chi connectivity index (χ2n) is 8.55. The lowest BCUT2D eigenvalue weighted by atomic mass is 10.1. The third-order valence-corrected chi connectivity index (χ3v) is 7.28. The minimum Gasteiger partial charge on any atom is -0.457 e. The second kappa shape index (κ2) is 9.01. The third kappa shape index (κ3) is 4.20. The Kier molecular flexibility index (Phi) is 5.55. The average molecular weight is 486 g/mol. The fourth-order valence-corrected chi connectivity index (χ4v) is 5.47. The number of hydrogen-bond acceptors (Lipinski definition) is 6. The predicted octanol–water partition coefficient (Wildman–Crippen LogP) is 4.73. The number of urea groups is 1. The lowest BCUT2D eigenvalue weighted by molar-refractivity contribution is 0.0945. The summed E-state index contributed by atoms with van der Waals surface area (Å²) in [5, 5.41) is 10.1. The van der Waals surface area contributed by atoms with Crippen LogP contribution in [0.25, 0.3) is 10.2 Å². The zero-order chi connectivity index (χ0) is 23.8. The summed E-state index contributed by atoms with van der Waals surface area (Å²) in [6.07, 6.45) is 2.58. The van der Waals surface area contributed by atoms with Gasteiger partial charge in [0.15, 0.2) is 0 Å². The minimum absolute atomic E-state index is 0.0944. The summed E-state index contributed by atoms with van der Waals surface area (Å²) >= 11 is 1.31. The van der Waals surface area contributed by atoms with E-state index in [0.29, 0.717) is 17.1 Å². The van der Waals surface area contributed by atoms with Crippen molar-refractivity contribution in [3.8, 4) is 11.5 Å². The molecule has 1 unspecified atom stereocenters. The third-order valence-electron chi connectivity index (χ3n) is 6.18. The van der Waals surface area contributed by atoms with Crippen LogP contribution < -0.4 is 25.6 Å². The summed E-state index contributed by atoms with van der Waals surface area (Å²) in [5.74, 6) is 1.32. The molecule has 1 saturated heterocycles. The number of nitrogens with zero attached hydrogens (tertiary/aromatic N) is 2. The summed E-state index contributed by atoms with van der Waals surface area (Å²) in [5.41, 5.74) is 2.25. The van der Waals surface area contributed by atoms with Gasteiger partial charge in [0.1, 0.15) is 21.2 Å². The number of amides is 3. The van der Waals surface area contributed by atoms with Crippen LogP contribution in [0.1, 0.15) is 21.7 Å². The van der Waals surface area contributed by atoms with Gasteiger partial charge in [-0.3, -0.25) is 9.69 Å². The molecule has 176 valence electrons. The summed E-state index contributed by atoms with van der Waals surface area (Å²) in [4.78, 5) is 33.5. The van der Waals surface area contributed by atoms with Crippen LogP contribution in [0.5, 0.6) is 11.5 Å². The molecule has 3 N–H and O–H groups in total. The second-order valence-corrected chi connectivity index (χ2v) is 9.55. The Morgan fingerprint density at radius 2 is 1.91 bits per heavy atom. The first-order valence-corrected chi connectivity index (χ1v) is 12.3. The van der Waals surface area contributed by atoms with E-state index in [4.69, 9.17) is 4.74 Å². The quantitative estimate of drug-likeness (QED) is 0.367. The van der Waals surface area contributed by atoms with E-state index in [9.17, 15) is 9.59 Å². The summed E-state index contributed by atoms with van der Waals surface area (Å²) in [6, 6.07) is 18.9. The van der Waals surface area contributed by atoms with E-state index in [1.165, 1.54) is 11.3 Å². The van der Waals surface area contributed by atoms with Crippen LogP contribution in [0.2, 0.25) is 0 Å². The lowest BCUT2D eigenvalue weighted by Gasteiger charge is -2.28. The molecule has 8 nitrogen and oxygen atoms in total. The van der Waals surface area contributed by atoms with Crippen molar-refractivity contribution in [3.63, 3.8) is 0 Å². The first-order chi connectivity index (χ1) is 17.2. The largest absolute Gasteiger partial charge is 0.457 e. The number of carbonyl (C=O) groups excluding carboxylic acids is 2. The van der Waals surface area contributed by atoms with Gasteiger partial charge in [-0.15, -0.1) is 11.3 Å². The highest BCUT2D eigenvalue weighted by molar-refractivity contribution is 7.21. The van der Waals surface area contributed by atoms with Gasteiger partial charge in [-0.2, -0.15) is 0 Å². The maximum atomic E-state index is 13.2. The number of thiophene rings is 1.